The van der Waals surface area contributed by atoms with Gasteiger partial charge in [-0.25, -0.2) is 13.6 Å². The number of anilines is 1. The van der Waals surface area contributed by atoms with E-state index in [9.17, 15) is 21.6 Å². The highest BCUT2D eigenvalue weighted by Crippen LogP contribution is 2.35. The van der Waals surface area contributed by atoms with Gasteiger partial charge in [-0.15, -0.1) is 0 Å². The monoisotopic (exact) mass is 438 g/mol. The fourth-order valence-electron chi connectivity index (χ4n) is 3.51. The molecule has 2 aromatic carbocycles. The Morgan fingerprint density at radius 2 is 2.00 bits per heavy atom. The summed E-state index contributed by atoms with van der Waals surface area (Å²) < 4.78 is 67.2. The van der Waals surface area contributed by atoms with Crippen LogP contribution in [0.4, 0.5) is 18.9 Å². The van der Waals surface area contributed by atoms with Crippen molar-refractivity contribution in [2.45, 2.75) is 37.0 Å². The molecule has 0 aliphatic carbocycles. The van der Waals surface area contributed by atoms with Gasteiger partial charge in [-0.05, 0) is 49.2 Å². The van der Waals surface area contributed by atoms with Gasteiger partial charge in [-0.3, -0.25) is 0 Å². The molecule has 0 unspecified atom stereocenters. The maximum atomic E-state index is 12.9. The Morgan fingerprint density at radius 3 is 2.70 bits per heavy atom. The van der Waals surface area contributed by atoms with Gasteiger partial charge in [0.05, 0.1) is 17.0 Å². The second-order valence-electron chi connectivity index (χ2n) is 7.11. The zero-order valence-electron chi connectivity index (χ0n) is 15.7. The fourth-order valence-corrected chi connectivity index (χ4v) is 4.07. The minimum atomic E-state index is -4.47. The lowest BCUT2D eigenvalue weighted by Gasteiger charge is -2.22. The number of alkyl halides is 3. The van der Waals surface area contributed by atoms with Crippen LogP contribution in [0.15, 0.2) is 51.9 Å². The highest BCUT2D eigenvalue weighted by atomic mass is 32.2. The Bertz CT molecular complexity index is 1210. The van der Waals surface area contributed by atoms with Crippen LogP contribution in [0.5, 0.6) is 0 Å². The van der Waals surface area contributed by atoms with Gasteiger partial charge in [0.1, 0.15) is 0 Å². The van der Waals surface area contributed by atoms with Crippen LogP contribution in [-0.2, 0) is 29.2 Å². The topological polar surface area (TPSA) is 102 Å². The summed E-state index contributed by atoms with van der Waals surface area (Å²) in [5.74, 6) is 0.297. The highest BCUT2D eigenvalue weighted by Gasteiger charge is 2.31. The van der Waals surface area contributed by atoms with E-state index in [2.05, 4.69) is 10.1 Å². The molecule has 1 aliphatic rings. The summed E-state index contributed by atoms with van der Waals surface area (Å²) in [6.07, 6.45) is -3.86. The third-order valence-electron chi connectivity index (χ3n) is 4.96. The summed E-state index contributed by atoms with van der Waals surface area (Å²) in [6.45, 7) is 2.19. The smallest absolute Gasteiger partial charge is 0.359 e. The maximum Gasteiger partial charge on any atom is 0.416 e. The van der Waals surface area contributed by atoms with E-state index in [-0.39, 0.29) is 34.8 Å². The van der Waals surface area contributed by atoms with Crippen LogP contribution in [-0.4, -0.2) is 24.6 Å². The largest absolute Gasteiger partial charge is 0.416 e. The zero-order valence-corrected chi connectivity index (χ0v) is 16.5. The molecular formula is C19H17F3N4O3S. The molecule has 0 bridgehead atoms. The predicted octanol–water partition coefficient (Wildman–Crippen LogP) is 3.35. The average Bonchev–Trinajstić information content (AvgIpc) is 3.25. The average molecular weight is 438 g/mol. The molecule has 0 radical (unpaired) electrons. The zero-order chi connectivity index (χ0) is 21.7. The van der Waals surface area contributed by atoms with E-state index in [4.69, 9.17) is 9.66 Å². The van der Waals surface area contributed by atoms with Crippen molar-refractivity contribution in [3.05, 3.63) is 59.5 Å². The second kappa shape index (κ2) is 7.10. The van der Waals surface area contributed by atoms with Crippen molar-refractivity contribution in [3.63, 3.8) is 0 Å². The van der Waals surface area contributed by atoms with E-state index in [1.807, 2.05) is 11.8 Å². The molecule has 2 heterocycles. The van der Waals surface area contributed by atoms with Gasteiger partial charge >= 0.3 is 6.18 Å². The Kier molecular flexibility index (Phi) is 4.82. The van der Waals surface area contributed by atoms with E-state index < -0.39 is 21.8 Å². The number of primary sulfonamides is 1. The standard InChI is InChI=1S/C19H17F3N4O3S/c1-11-7-13-9-15(30(23,27)28)5-6-16(13)26(11)10-17-24-18(25-29-17)12-3-2-4-14(8-12)19(20,21)22/h2-6,8-9,11H,7,10H2,1H3,(H2,23,27,28)/t11-/m0/s1. The Hall–Kier alpha value is -2.92. The van der Waals surface area contributed by atoms with Gasteiger partial charge in [-0.2, -0.15) is 18.2 Å². The number of nitrogens with zero attached hydrogens (tertiary/aromatic N) is 3. The van der Waals surface area contributed by atoms with Crippen LogP contribution < -0.4 is 10.0 Å². The van der Waals surface area contributed by atoms with Crippen molar-refractivity contribution in [2.24, 2.45) is 5.14 Å². The molecule has 1 atom stereocenters. The third-order valence-corrected chi connectivity index (χ3v) is 5.87. The van der Waals surface area contributed by atoms with Gasteiger partial charge in [0.2, 0.25) is 21.7 Å². The lowest BCUT2D eigenvalue weighted by Crippen LogP contribution is -2.28. The predicted molar refractivity (Wildman–Crippen MR) is 102 cm³/mol. The first-order chi connectivity index (χ1) is 14.0. The normalized spacial score (nSPS) is 16.7. The summed E-state index contributed by atoms with van der Waals surface area (Å²) in [4.78, 5) is 6.23. The van der Waals surface area contributed by atoms with Gasteiger partial charge in [0, 0.05) is 17.3 Å². The number of benzene rings is 2. The van der Waals surface area contributed by atoms with Crippen LogP contribution in [0, 0.1) is 0 Å². The SMILES string of the molecule is C[C@H]1Cc2cc(S(N)(=O)=O)ccc2N1Cc1nc(-c2cccc(C(F)(F)F)c2)no1. The first-order valence-corrected chi connectivity index (χ1v) is 10.5. The van der Waals surface area contributed by atoms with Crippen LogP contribution >= 0.6 is 0 Å². The first kappa shape index (κ1) is 20.4. The van der Waals surface area contributed by atoms with Gasteiger partial charge in [0.15, 0.2) is 0 Å². The minimum absolute atomic E-state index is 0.0274. The molecule has 2 N–H and O–H groups in total. The summed E-state index contributed by atoms with van der Waals surface area (Å²) in [7, 11) is -3.80. The van der Waals surface area contributed by atoms with E-state index in [0.29, 0.717) is 6.42 Å². The summed E-state index contributed by atoms with van der Waals surface area (Å²) in [5, 5.41) is 9.00. The van der Waals surface area contributed by atoms with E-state index in [1.165, 1.54) is 18.2 Å². The summed E-state index contributed by atoms with van der Waals surface area (Å²) >= 11 is 0. The quantitative estimate of drug-likeness (QED) is 0.670. The molecule has 1 aliphatic heterocycles. The summed E-state index contributed by atoms with van der Waals surface area (Å²) in [6, 6.07) is 9.38. The molecule has 0 amide bonds. The number of fused-ring (bicyclic) bond motifs is 1. The van der Waals surface area contributed by atoms with E-state index in [1.54, 1.807) is 12.1 Å². The van der Waals surface area contributed by atoms with Crippen molar-refractivity contribution in [3.8, 4) is 11.4 Å². The van der Waals surface area contributed by atoms with E-state index >= 15 is 0 Å². The molecule has 0 saturated heterocycles. The fraction of sp³-hybridized carbons (Fsp3) is 0.263. The number of halogens is 3. The van der Waals surface area contributed by atoms with Crippen LogP contribution in [0.2, 0.25) is 0 Å². The van der Waals surface area contributed by atoms with Crippen molar-refractivity contribution in [2.75, 3.05) is 4.90 Å². The van der Waals surface area contributed by atoms with E-state index in [0.717, 1.165) is 23.4 Å². The van der Waals surface area contributed by atoms with Crippen molar-refractivity contribution in [1.82, 2.24) is 10.1 Å². The first-order valence-electron chi connectivity index (χ1n) is 8.95. The maximum absolute atomic E-state index is 12.9. The molecule has 30 heavy (non-hydrogen) atoms. The molecular weight excluding hydrogens is 421 g/mol. The molecule has 0 saturated carbocycles. The number of sulfonamides is 1. The van der Waals surface area contributed by atoms with Crippen LogP contribution in [0.1, 0.15) is 23.9 Å². The Labute approximate surface area is 170 Å². The number of hydrogen-bond donors (Lipinski definition) is 1. The van der Waals surface area contributed by atoms with Crippen molar-refractivity contribution in [1.29, 1.82) is 0 Å². The molecule has 0 spiro atoms. The minimum Gasteiger partial charge on any atom is -0.359 e. The number of aromatic nitrogens is 2. The van der Waals surface area contributed by atoms with Crippen LogP contribution in [0.25, 0.3) is 11.4 Å². The van der Waals surface area contributed by atoms with Gasteiger partial charge in [-0.1, -0.05) is 17.3 Å². The lowest BCUT2D eigenvalue weighted by molar-refractivity contribution is -0.137. The molecule has 3 aromatic rings. The molecule has 11 heteroatoms. The number of hydrogen-bond acceptors (Lipinski definition) is 6. The number of rotatable bonds is 4. The van der Waals surface area contributed by atoms with Crippen molar-refractivity contribution < 1.29 is 26.1 Å². The van der Waals surface area contributed by atoms with Gasteiger partial charge in [0.25, 0.3) is 0 Å². The lowest BCUT2D eigenvalue weighted by atomic mass is 10.1. The van der Waals surface area contributed by atoms with Crippen molar-refractivity contribution >= 4 is 15.7 Å². The molecule has 1 aromatic heterocycles. The second-order valence-corrected chi connectivity index (χ2v) is 8.67. The van der Waals surface area contributed by atoms with Crippen LogP contribution in [0.3, 0.4) is 0 Å². The molecule has 7 nitrogen and oxygen atoms in total. The third kappa shape index (κ3) is 3.90. The Morgan fingerprint density at radius 1 is 1.23 bits per heavy atom. The number of nitrogens with two attached hydrogens (primary N) is 1. The molecule has 0 fully saturated rings. The Balaban J connectivity index is 1.58. The summed E-state index contributed by atoms with van der Waals surface area (Å²) in [5.41, 5.74) is 1.05. The highest BCUT2D eigenvalue weighted by molar-refractivity contribution is 7.89. The molecule has 158 valence electrons. The molecule has 4 rings (SSSR count). The van der Waals surface area contributed by atoms with Gasteiger partial charge < -0.3 is 9.42 Å².